The van der Waals surface area contributed by atoms with E-state index in [-0.39, 0.29) is 6.04 Å². The Balaban J connectivity index is 2.04. The highest BCUT2D eigenvalue weighted by atomic mass is 32.1. The van der Waals surface area contributed by atoms with E-state index in [1.54, 1.807) is 17.4 Å². The number of rotatable bonds is 4. The molecule has 0 fully saturated rings. The van der Waals surface area contributed by atoms with Gasteiger partial charge in [0.1, 0.15) is 0 Å². The zero-order valence-corrected chi connectivity index (χ0v) is 11.5. The van der Waals surface area contributed by atoms with Crippen molar-refractivity contribution in [1.29, 1.82) is 0 Å². The fourth-order valence-corrected chi connectivity index (χ4v) is 2.24. The summed E-state index contributed by atoms with van der Waals surface area (Å²) in [7, 11) is 1.34. The number of thiazole rings is 1. The molecule has 100 valence electrons. The van der Waals surface area contributed by atoms with Crippen molar-refractivity contribution in [2.24, 2.45) is 0 Å². The summed E-state index contributed by atoms with van der Waals surface area (Å²) >= 11 is 1.61. The van der Waals surface area contributed by atoms with Crippen LogP contribution in [0, 0.1) is 0 Å². The summed E-state index contributed by atoms with van der Waals surface area (Å²) in [6, 6.07) is 7.64. The number of anilines is 2. The molecule has 1 unspecified atom stereocenters. The zero-order valence-electron chi connectivity index (χ0n) is 10.7. The van der Waals surface area contributed by atoms with E-state index in [2.05, 4.69) is 27.3 Å². The van der Waals surface area contributed by atoms with E-state index in [0.717, 1.165) is 10.6 Å². The van der Waals surface area contributed by atoms with Crippen LogP contribution in [0.25, 0.3) is 0 Å². The number of methoxy groups -OCH3 is 1. The summed E-state index contributed by atoms with van der Waals surface area (Å²) in [5.41, 5.74) is 3.42. The third-order valence-electron chi connectivity index (χ3n) is 2.56. The van der Waals surface area contributed by atoms with Crippen molar-refractivity contribution in [3.05, 3.63) is 40.8 Å². The van der Waals surface area contributed by atoms with E-state index in [9.17, 15) is 4.79 Å². The predicted octanol–water partition coefficient (Wildman–Crippen LogP) is 3.49. The molecule has 0 spiro atoms. The molecule has 6 heteroatoms. The Hall–Kier alpha value is -2.08. The van der Waals surface area contributed by atoms with Crippen molar-refractivity contribution in [3.8, 4) is 0 Å². The molecule has 1 aromatic heterocycles. The average molecular weight is 277 g/mol. The van der Waals surface area contributed by atoms with Gasteiger partial charge < -0.3 is 10.1 Å². The molecule has 0 aliphatic heterocycles. The van der Waals surface area contributed by atoms with Crippen LogP contribution in [0.4, 0.5) is 16.2 Å². The van der Waals surface area contributed by atoms with Gasteiger partial charge >= 0.3 is 6.09 Å². The van der Waals surface area contributed by atoms with Crippen molar-refractivity contribution in [3.63, 3.8) is 0 Å². The summed E-state index contributed by atoms with van der Waals surface area (Å²) < 4.78 is 4.56. The van der Waals surface area contributed by atoms with Crippen LogP contribution in [-0.2, 0) is 4.74 Å². The van der Waals surface area contributed by atoms with Crippen LogP contribution in [0.3, 0.4) is 0 Å². The molecule has 1 atom stereocenters. The second-order valence-corrected chi connectivity index (χ2v) is 4.89. The van der Waals surface area contributed by atoms with Crippen LogP contribution in [-0.4, -0.2) is 18.2 Å². The molecular weight excluding hydrogens is 262 g/mol. The van der Waals surface area contributed by atoms with Crippen LogP contribution in [0.2, 0.25) is 0 Å². The zero-order chi connectivity index (χ0) is 13.7. The number of nitrogens with zero attached hydrogens (tertiary/aromatic N) is 1. The first-order valence-electron chi connectivity index (χ1n) is 5.79. The van der Waals surface area contributed by atoms with Crippen LogP contribution < -0.4 is 10.6 Å². The molecule has 0 saturated heterocycles. The fraction of sp³-hybridized carbons (Fsp3) is 0.231. The van der Waals surface area contributed by atoms with Gasteiger partial charge in [0.15, 0.2) is 0 Å². The number of ether oxygens (including phenoxy) is 1. The molecule has 0 bridgehead atoms. The molecule has 2 rings (SSSR count). The fourth-order valence-electron chi connectivity index (χ4n) is 1.62. The van der Waals surface area contributed by atoms with Crippen LogP contribution in [0.15, 0.2) is 36.0 Å². The monoisotopic (exact) mass is 277 g/mol. The minimum atomic E-state index is -0.479. The van der Waals surface area contributed by atoms with Gasteiger partial charge in [0.05, 0.1) is 18.7 Å². The van der Waals surface area contributed by atoms with E-state index in [1.807, 2.05) is 29.9 Å². The number of aromatic nitrogens is 1. The summed E-state index contributed by atoms with van der Waals surface area (Å²) in [4.78, 5) is 16.4. The van der Waals surface area contributed by atoms with Crippen molar-refractivity contribution in [2.45, 2.75) is 13.0 Å². The summed E-state index contributed by atoms with van der Waals surface area (Å²) in [6.45, 7) is 2.06. The highest BCUT2D eigenvalue weighted by molar-refractivity contribution is 7.09. The Morgan fingerprint density at radius 2 is 2.21 bits per heavy atom. The SMILES string of the molecule is COC(=O)Nc1cccc(NC(C)c2cncs2)c1. The molecule has 0 aliphatic rings. The topological polar surface area (TPSA) is 63.2 Å². The molecule has 0 saturated carbocycles. The second kappa shape index (κ2) is 6.19. The van der Waals surface area contributed by atoms with Gasteiger partial charge in [-0.05, 0) is 25.1 Å². The lowest BCUT2D eigenvalue weighted by molar-refractivity contribution is 0.187. The highest BCUT2D eigenvalue weighted by Crippen LogP contribution is 2.23. The molecule has 1 heterocycles. The van der Waals surface area contributed by atoms with Crippen molar-refractivity contribution in [2.75, 3.05) is 17.7 Å². The smallest absolute Gasteiger partial charge is 0.411 e. The van der Waals surface area contributed by atoms with Crippen molar-refractivity contribution >= 4 is 28.8 Å². The number of benzene rings is 1. The number of hydrogen-bond donors (Lipinski definition) is 2. The number of carbonyl (C=O) groups is 1. The van der Waals surface area contributed by atoms with Gasteiger partial charge in [0.2, 0.25) is 0 Å². The lowest BCUT2D eigenvalue weighted by Crippen LogP contribution is -2.11. The molecule has 5 nitrogen and oxygen atoms in total. The van der Waals surface area contributed by atoms with Gasteiger partial charge in [-0.25, -0.2) is 4.79 Å². The largest absolute Gasteiger partial charge is 0.453 e. The van der Waals surface area contributed by atoms with E-state index in [4.69, 9.17) is 0 Å². The molecule has 0 aliphatic carbocycles. The summed E-state index contributed by atoms with van der Waals surface area (Å²) in [5.74, 6) is 0. The molecular formula is C13H15N3O2S. The van der Waals surface area contributed by atoms with Crippen LogP contribution in [0.5, 0.6) is 0 Å². The van der Waals surface area contributed by atoms with Gasteiger partial charge in [-0.1, -0.05) is 6.07 Å². The standard InChI is InChI=1S/C13H15N3O2S/c1-9(12-7-14-8-19-12)15-10-4-3-5-11(6-10)16-13(17)18-2/h3-9,15H,1-2H3,(H,16,17). The molecule has 2 N–H and O–H groups in total. The van der Waals surface area contributed by atoms with E-state index < -0.39 is 6.09 Å². The first kappa shape index (κ1) is 13.4. The van der Waals surface area contributed by atoms with Crippen molar-refractivity contribution in [1.82, 2.24) is 4.98 Å². The van der Waals surface area contributed by atoms with Gasteiger partial charge in [-0.3, -0.25) is 10.3 Å². The average Bonchev–Trinajstić information content (AvgIpc) is 2.93. The van der Waals surface area contributed by atoms with Crippen LogP contribution in [0.1, 0.15) is 17.8 Å². The highest BCUT2D eigenvalue weighted by Gasteiger charge is 2.07. The normalized spacial score (nSPS) is 11.7. The Bertz CT molecular complexity index is 543. The van der Waals surface area contributed by atoms with Crippen LogP contribution >= 0.6 is 11.3 Å². The lowest BCUT2D eigenvalue weighted by Gasteiger charge is -2.14. The minimum absolute atomic E-state index is 0.167. The summed E-state index contributed by atoms with van der Waals surface area (Å²) in [6.07, 6.45) is 1.37. The lowest BCUT2D eigenvalue weighted by atomic mass is 10.2. The molecule has 2 aromatic rings. The number of carbonyl (C=O) groups excluding carboxylic acids is 1. The Labute approximate surface area is 115 Å². The van der Waals surface area contributed by atoms with Gasteiger partial charge in [-0.2, -0.15) is 0 Å². The number of amides is 1. The maximum atomic E-state index is 11.1. The van der Waals surface area contributed by atoms with Gasteiger partial charge in [-0.15, -0.1) is 11.3 Å². The maximum Gasteiger partial charge on any atom is 0.411 e. The Morgan fingerprint density at radius 3 is 2.89 bits per heavy atom. The van der Waals surface area contributed by atoms with E-state index in [1.165, 1.54) is 7.11 Å². The Morgan fingerprint density at radius 1 is 1.42 bits per heavy atom. The van der Waals surface area contributed by atoms with Gasteiger partial charge in [0, 0.05) is 22.4 Å². The summed E-state index contributed by atoms with van der Waals surface area (Å²) in [5, 5.41) is 5.98. The van der Waals surface area contributed by atoms with E-state index in [0.29, 0.717) is 5.69 Å². The molecule has 1 aromatic carbocycles. The third kappa shape index (κ3) is 3.69. The Kier molecular flexibility index (Phi) is 4.35. The quantitative estimate of drug-likeness (QED) is 0.898. The second-order valence-electron chi connectivity index (χ2n) is 3.97. The molecule has 0 radical (unpaired) electrons. The number of nitrogens with one attached hydrogen (secondary N) is 2. The van der Waals surface area contributed by atoms with Crippen molar-refractivity contribution < 1.29 is 9.53 Å². The van der Waals surface area contributed by atoms with Gasteiger partial charge in [0.25, 0.3) is 0 Å². The molecule has 1 amide bonds. The first-order valence-corrected chi connectivity index (χ1v) is 6.67. The van der Waals surface area contributed by atoms with E-state index >= 15 is 0 Å². The predicted molar refractivity (Wildman–Crippen MR) is 76.6 cm³/mol. The third-order valence-corrected chi connectivity index (χ3v) is 3.51. The maximum absolute atomic E-state index is 11.1. The minimum Gasteiger partial charge on any atom is -0.453 e. The first-order chi connectivity index (χ1) is 9.19. The number of hydrogen-bond acceptors (Lipinski definition) is 5. The molecule has 19 heavy (non-hydrogen) atoms.